The molecule has 0 spiro atoms. The van der Waals surface area contributed by atoms with Crippen LogP contribution in [0.3, 0.4) is 0 Å². The van der Waals surface area contributed by atoms with Gasteiger partial charge in [-0.25, -0.2) is 8.42 Å². The lowest BCUT2D eigenvalue weighted by Crippen LogP contribution is -2.49. The molecule has 1 heterocycles. The molecule has 1 aliphatic rings. The van der Waals surface area contributed by atoms with Gasteiger partial charge in [0.15, 0.2) is 0 Å². The highest BCUT2D eigenvalue weighted by atomic mass is 32.2. The second-order valence-corrected chi connectivity index (χ2v) is 7.90. The van der Waals surface area contributed by atoms with Gasteiger partial charge in [0.1, 0.15) is 0 Å². The van der Waals surface area contributed by atoms with Gasteiger partial charge >= 0.3 is 0 Å². The average molecular weight is 330 g/mol. The Morgan fingerprint density at radius 3 is 1.61 bits per heavy atom. The van der Waals surface area contributed by atoms with E-state index in [9.17, 15) is 8.42 Å². The van der Waals surface area contributed by atoms with Crippen LogP contribution in [-0.2, 0) is 10.0 Å². The van der Waals surface area contributed by atoms with Crippen LogP contribution in [0.15, 0.2) is 60.7 Å². The van der Waals surface area contributed by atoms with Gasteiger partial charge in [0, 0.05) is 26.2 Å². The minimum absolute atomic E-state index is 0.166. The molecule has 1 saturated heterocycles. The molecule has 0 amide bonds. The van der Waals surface area contributed by atoms with Gasteiger partial charge < -0.3 is 0 Å². The number of hydrogen-bond acceptors (Lipinski definition) is 3. The third-order valence-electron chi connectivity index (χ3n) is 4.34. The largest absolute Gasteiger partial charge is 0.290 e. The van der Waals surface area contributed by atoms with E-state index in [1.165, 1.54) is 17.4 Å². The van der Waals surface area contributed by atoms with E-state index in [0.29, 0.717) is 13.1 Å². The first-order chi connectivity index (χ1) is 11.1. The van der Waals surface area contributed by atoms with E-state index < -0.39 is 10.0 Å². The number of piperazine rings is 1. The van der Waals surface area contributed by atoms with Gasteiger partial charge in [-0.05, 0) is 11.1 Å². The van der Waals surface area contributed by atoms with Crippen LogP contribution in [0.2, 0.25) is 0 Å². The summed E-state index contributed by atoms with van der Waals surface area (Å²) in [5.41, 5.74) is 2.48. The summed E-state index contributed by atoms with van der Waals surface area (Å²) < 4.78 is 25.0. The monoisotopic (exact) mass is 330 g/mol. The zero-order valence-electron chi connectivity index (χ0n) is 13.3. The van der Waals surface area contributed by atoms with Crippen molar-refractivity contribution in [3.8, 4) is 0 Å². The van der Waals surface area contributed by atoms with Gasteiger partial charge in [-0.2, -0.15) is 4.31 Å². The van der Waals surface area contributed by atoms with E-state index in [0.717, 1.165) is 13.1 Å². The summed E-state index contributed by atoms with van der Waals surface area (Å²) in [5, 5.41) is 0. The molecule has 122 valence electrons. The summed E-state index contributed by atoms with van der Waals surface area (Å²) in [6.07, 6.45) is 1.29. The Labute approximate surface area is 138 Å². The Kier molecular flexibility index (Phi) is 4.80. The summed E-state index contributed by atoms with van der Waals surface area (Å²) in [6.45, 7) is 2.58. The summed E-state index contributed by atoms with van der Waals surface area (Å²) in [6, 6.07) is 21.0. The lowest BCUT2D eigenvalue weighted by Gasteiger charge is -2.38. The first-order valence-corrected chi connectivity index (χ1v) is 9.69. The minimum atomic E-state index is -3.10. The van der Waals surface area contributed by atoms with E-state index in [-0.39, 0.29) is 6.04 Å². The molecule has 0 radical (unpaired) electrons. The van der Waals surface area contributed by atoms with E-state index in [1.807, 2.05) is 12.1 Å². The summed E-state index contributed by atoms with van der Waals surface area (Å²) >= 11 is 0. The molecule has 0 bridgehead atoms. The molecular formula is C18H22N2O2S. The number of nitrogens with zero attached hydrogens (tertiary/aromatic N) is 2. The first-order valence-electron chi connectivity index (χ1n) is 7.85. The van der Waals surface area contributed by atoms with E-state index in [4.69, 9.17) is 0 Å². The molecule has 0 unspecified atom stereocenters. The topological polar surface area (TPSA) is 40.6 Å². The number of rotatable bonds is 4. The second kappa shape index (κ2) is 6.83. The fraction of sp³-hybridized carbons (Fsp3) is 0.333. The van der Waals surface area contributed by atoms with Crippen molar-refractivity contribution in [2.24, 2.45) is 0 Å². The molecule has 0 saturated carbocycles. The van der Waals surface area contributed by atoms with Crippen molar-refractivity contribution in [2.75, 3.05) is 32.4 Å². The SMILES string of the molecule is CS(=O)(=O)N1CCN(C(c2ccccc2)c2ccccc2)CC1. The van der Waals surface area contributed by atoms with Crippen molar-refractivity contribution < 1.29 is 8.42 Å². The molecule has 2 aromatic carbocycles. The molecule has 1 aliphatic heterocycles. The van der Waals surface area contributed by atoms with Crippen LogP contribution in [0.1, 0.15) is 17.2 Å². The maximum atomic E-state index is 11.7. The molecule has 2 aromatic rings. The Morgan fingerprint density at radius 2 is 1.22 bits per heavy atom. The molecule has 0 aliphatic carbocycles. The van der Waals surface area contributed by atoms with E-state index >= 15 is 0 Å². The highest BCUT2D eigenvalue weighted by Crippen LogP contribution is 2.29. The van der Waals surface area contributed by atoms with Crippen LogP contribution in [0, 0.1) is 0 Å². The fourth-order valence-electron chi connectivity index (χ4n) is 3.18. The predicted octanol–water partition coefficient (Wildman–Crippen LogP) is 2.35. The van der Waals surface area contributed by atoms with Crippen LogP contribution in [0.25, 0.3) is 0 Å². The van der Waals surface area contributed by atoms with Gasteiger partial charge in [0.25, 0.3) is 0 Å². The van der Waals surface area contributed by atoms with Crippen molar-refractivity contribution in [3.05, 3.63) is 71.8 Å². The Morgan fingerprint density at radius 1 is 0.783 bits per heavy atom. The number of hydrogen-bond donors (Lipinski definition) is 0. The Bertz CT molecular complexity index is 685. The van der Waals surface area contributed by atoms with Crippen LogP contribution >= 0.6 is 0 Å². The number of sulfonamides is 1. The van der Waals surface area contributed by atoms with Crippen molar-refractivity contribution in [2.45, 2.75) is 6.04 Å². The van der Waals surface area contributed by atoms with Crippen LogP contribution in [-0.4, -0.2) is 50.1 Å². The summed E-state index contributed by atoms with van der Waals surface area (Å²) in [7, 11) is -3.10. The molecule has 0 N–H and O–H groups in total. The van der Waals surface area contributed by atoms with Crippen molar-refractivity contribution >= 4 is 10.0 Å². The zero-order valence-corrected chi connectivity index (χ0v) is 14.1. The molecule has 4 nitrogen and oxygen atoms in total. The molecule has 23 heavy (non-hydrogen) atoms. The van der Waals surface area contributed by atoms with Crippen LogP contribution < -0.4 is 0 Å². The zero-order chi connectivity index (χ0) is 16.3. The minimum Gasteiger partial charge on any atom is -0.290 e. The highest BCUT2D eigenvalue weighted by Gasteiger charge is 2.29. The quantitative estimate of drug-likeness (QED) is 0.864. The molecule has 3 rings (SSSR count). The predicted molar refractivity (Wildman–Crippen MR) is 92.7 cm³/mol. The summed E-state index contributed by atoms with van der Waals surface area (Å²) in [4.78, 5) is 2.37. The highest BCUT2D eigenvalue weighted by molar-refractivity contribution is 7.88. The van der Waals surface area contributed by atoms with Gasteiger partial charge in [-0.1, -0.05) is 60.7 Å². The third-order valence-corrected chi connectivity index (χ3v) is 5.64. The van der Waals surface area contributed by atoms with Crippen molar-refractivity contribution in [1.29, 1.82) is 0 Å². The van der Waals surface area contributed by atoms with Gasteiger partial charge in [0.05, 0.1) is 12.3 Å². The smallest absolute Gasteiger partial charge is 0.211 e. The van der Waals surface area contributed by atoms with E-state index in [2.05, 4.69) is 53.4 Å². The lowest BCUT2D eigenvalue weighted by molar-refractivity contribution is 0.156. The number of benzene rings is 2. The van der Waals surface area contributed by atoms with Crippen molar-refractivity contribution in [1.82, 2.24) is 9.21 Å². The molecular weight excluding hydrogens is 308 g/mol. The van der Waals surface area contributed by atoms with Gasteiger partial charge in [0.2, 0.25) is 10.0 Å². The average Bonchev–Trinajstić information content (AvgIpc) is 2.57. The molecule has 5 heteroatoms. The molecule has 0 aromatic heterocycles. The Hall–Kier alpha value is -1.69. The maximum absolute atomic E-state index is 11.7. The molecule has 0 atom stereocenters. The lowest BCUT2D eigenvalue weighted by atomic mass is 9.96. The normalized spacial score (nSPS) is 17.5. The Balaban J connectivity index is 1.86. The van der Waals surface area contributed by atoms with E-state index in [1.54, 1.807) is 4.31 Å². The van der Waals surface area contributed by atoms with Gasteiger partial charge in [-0.15, -0.1) is 0 Å². The summed E-state index contributed by atoms with van der Waals surface area (Å²) in [5.74, 6) is 0. The standard InChI is InChI=1S/C18H22N2O2S/c1-23(21,22)20-14-12-19(13-15-20)18(16-8-4-2-5-9-16)17-10-6-3-7-11-17/h2-11,18H,12-15H2,1H3. The fourth-order valence-corrected chi connectivity index (χ4v) is 4.00. The maximum Gasteiger partial charge on any atom is 0.211 e. The third kappa shape index (κ3) is 3.80. The van der Waals surface area contributed by atoms with Gasteiger partial charge in [-0.3, -0.25) is 4.90 Å². The van der Waals surface area contributed by atoms with Crippen LogP contribution in [0.5, 0.6) is 0 Å². The molecule has 1 fully saturated rings. The first kappa shape index (κ1) is 16.2. The van der Waals surface area contributed by atoms with Crippen LogP contribution in [0.4, 0.5) is 0 Å². The second-order valence-electron chi connectivity index (χ2n) is 5.92. The van der Waals surface area contributed by atoms with Crippen molar-refractivity contribution in [3.63, 3.8) is 0 Å².